The zero-order valence-corrected chi connectivity index (χ0v) is 13.3. The first-order chi connectivity index (χ1) is 9.95. The van der Waals surface area contributed by atoms with Crippen LogP contribution in [0.4, 0.5) is 5.69 Å². The van der Waals surface area contributed by atoms with Gasteiger partial charge in [-0.25, -0.2) is 0 Å². The van der Waals surface area contributed by atoms with Crippen LogP contribution >= 0.6 is 0 Å². The Morgan fingerprint density at radius 1 is 1.43 bits per heavy atom. The number of carbonyl (C=O) groups is 1. The van der Waals surface area contributed by atoms with E-state index in [9.17, 15) is 4.79 Å². The van der Waals surface area contributed by atoms with E-state index in [1.807, 2.05) is 6.07 Å². The Bertz CT molecular complexity index is 469. The van der Waals surface area contributed by atoms with Gasteiger partial charge in [-0.15, -0.1) is 0 Å². The molecule has 0 saturated heterocycles. The maximum absolute atomic E-state index is 12.3. The fourth-order valence-corrected chi connectivity index (χ4v) is 3.33. The van der Waals surface area contributed by atoms with Crippen LogP contribution in [0.15, 0.2) is 18.3 Å². The van der Waals surface area contributed by atoms with Crippen molar-refractivity contribution < 1.29 is 4.79 Å². The molecule has 0 aromatic carbocycles. The van der Waals surface area contributed by atoms with Gasteiger partial charge in [0.15, 0.2) is 0 Å². The number of amides is 1. The van der Waals surface area contributed by atoms with E-state index >= 15 is 0 Å². The quantitative estimate of drug-likeness (QED) is 0.895. The number of hydrogen-bond donors (Lipinski definition) is 2. The molecular formula is C17H27N3O. The number of rotatable bonds is 4. The van der Waals surface area contributed by atoms with E-state index in [4.69, 9.17) is 5.73 Å². The molecule has 1 fully saturated rings. The van der Waals surface area contributed by atoms with Crippen LogP contribution in [0.25, 0.3) is 0 Å². The number of carbonyl (C=O) groups excluding carboxylic acids is 1. The van der Waals surface area contributed by atoms with Gasteiger partial charge >= 0.3 is 0 Å². The molecule has 4 heteroatoms. The van der Waals surface area contributed by atoms with Crippen molar-refractivity contribution >= 4 is 11.6 Å². The normalized spacial score (nSPS) is 25.8. The van der Waals surface area contributed by atoms with E-state index in [1.54, 1.807) is 12.3 Å². The second-order valence-electron chi connectivity index (χ2n) is 6.76. The molecule has 1 aliphatic rings. The van der Waals surface area contributed by atoms with Gasteiger partial charge in [0.25, 0.3) is 0 Å². The van der Waals surface area contributed by atoms with Crippen molar-refractivity contribution in [1.29, 1.82) is 0 Å². The van der Waals surface area contributed by atoms with Crippen molar-refractivity contribution in [3.8, 4) is 0 Å². The minimum atomic E-state index is 0.0667. The first kappa shape index (κ1) is 15.8. The highest BCUT2D eigenvalue weighted by atomic mass is 16.1. The molecule has 1 aromatic heterocycles. The van der Waals surface area contributed by atoms with Crippen LogP contribution < -0.4 is 11.1 Å². The summed E-state index contributed by atoms with van der Waals surface area (Å²) in [5.41, 5.74) is 7.01. The third kappa shape index (κ3) is 4.45. The highest BCUT2D eigenvalue weighted by molar-refractivity contribution is 5.78. The topological polar surface area (TPSA) is 68.0 Å². The molecule has 3 N–H and O–H groups in total. The van der Waals surface area contributed by atoms with Gasteiger partial charge in [-0.1, -0.05) is 27.2 Å². The van der Waals surface area contributed by atoms with E-state index in [-0.39, 0.29) is 5.91 Å². The lowest BCUT2D eigenvalue weighted by Crippen LogP contribution is -2.46. The minimum Gasteiger partial charge on any atom is -0.397 e. The summed E-state index contributed by atoms with van der Waals surface area (Å²) in [6, 6.07) is 3.91. The summed E-state index contributed by atoms with van der Waals surface area (Å²) in [5.74, 6) is 1.96. The van der Waals surface area contributed by atoms with Crippen LogP contribution in [-0.2, 0) is 11.2 Å². The maximum Gasteiger partial charge on any atom is 0.226 e. The first-order valence-corrected chi connectivity index (χ1v) is 7.95. The smallest absolute Gasteiger partial charge is 0.226 e. The summed E-state index contributed by atoms with van der Waals surface area (Å²) in [5, 5.41) is 3.23. The SMILES string of the molecule is CC1CCC(C(C)C)C(NC(=O)Cc2ccc(N)cn2)C1. The van der Waals surface area contributed by atoms with Crippen molar-refractivity contribution in [2.75, 3.05) is 5.73 Å². The molecule has 0 aliphatic heterocycles. The lowest BCUT2D eigenvalue weighted by Gasteiger charge is -2.37. The number of nitrogen functional groups attached to an aromatic ring is 1. The monoisotopic (exact) mass is 289 g/mol. The van der Waals surface area contributed by atoms with Crippen LogP contribution in [0.2, 0.25) is 0 Å². The molecule has 0 radical (unpaired) electrons. The Morgan fingerprint density at radius 2 is 2.19 bits per heavy atom. The molecule has 4 nitrogen and oxygen atoms in total. The van der Waals surface area contributed by atoms with E-state index in [1.165, 1.54) is 12.8 Å². The zero-order valence-electron chi connectivity index (χ0n) is 13.3. The second-order valence-corrected chi connectivity index (χ2v) is 6.76. The molecule has 1 aromatic rings. The van der Waals surface area contributed by atoms with Gasteiger partial charge < -0.3 is 11.1 Å². The first-order valence-electron chi connectivity index (χ1n) is 7.95. The predicted molar refractivity (Wildman–Crippen MR) is 85.6 cm³/mol. The standard InChI is InChI=1S/C17H27N3O/c1-11(2)15-7-4-12(3)8-16(15)20-17(21)9-14-6-5-13(18)10-19-14/h5-6,10-12,15-16H,4,7-9,18H2,1-3H3,(H,20,21). The number of nitrogens with two attached hydrogens (primary N) is 1. The molecule has 0 spiro atoms. The van der Waals surface area contributed by atoms with Crippen molar-refractivity contribution in [2.45, 2.75) is 52.5 Å². The summed E-state index contributed by atoms with van der Waals surface area (Å²) < 4.78 is 0. The van der Waals surface area contributed by atoms with Gasteiger partial charge in [-0.2, -0.15) is 0 Å². The molecule has 2 rings (SSSR count). The summed E-state index contributed by atoms with van der Waals surface area (Å²) in [7, 11) is 0. The highest BCUT2D eigenvalue weighted by Gasteiger charge is 2.31. The number of nitrogens with one attached hydrogen (secondary N) is 1. The van der Waals surface area contributed by atoms with Gasteiger partial charge in [-0.3, -0.25) is 9.78 Å². The largest absolute Gasteiger partial charge is 0.397 e. The Kier molecular flexibility index (Phi) is 5.21. The Labute approximate surface area is 127 Å². The molecule has 3 atom stereocenters. The molecule has 1 amide bonds. The van der Waals surface area contributed by atoms with Crippen LogP contribution in [0.3, 0.4) is 0 Å². The minimum absolute atomic E-state index is 0.0667. The van der Waals surface area contributed by atoms with E-state index in [0.29, 0.717) is 35.9 Å². The summed E-state index contributed by atoms with van der Waals surface area (Å²) in [6.45, 7) is 6.78. The van der Waals surface area contributed by atoms with Crippen LogP contribution in [0.1, 0.15) is 45.7 Å². The average Bonchev–Trinajstić information content (AvgIpc) is 2.41. The highest BCUT2D eigenvalue weighted by Crippen LogP contribution is 2.33. The molecule has 0 bridgehead atoms. The van der Waals surface area contributed by atoms with Crippen LogP contribution in [0, 0.1) is 17.8 Å². The fourth-order valence-electron chi connectivity index (χ4n) is 3.33. The van der Waals surface area contributed by atoms with E-state index in [2.05, 4.69) is 31.1 Å². The summed E-state index contributed by atoms with van der Waals surface area (Å²) >= 11 is 0. The van der Waals surface area contributed by atoms with Crippen molar-refractivity contribution in [3.05, 3.63) is 24.0 Å². The lowest BCUT2D eigenvalue weighted by atomic mass is 9.74. The van der Waals surface area contributed by atoms with Gasteiger partial charge in [0.1, 0.15) is 0 Å². The molecule has 1 aliphatic carbocycles. The van der Waals surface area contributed by atoms with Crippen molar-refractivity contribution in [1.82, 2.24) is 10.3 Å². The van der Waals surface area contributed by atoms with Crippen molar-refractivity contribution in [2.24, 2.45) is 17.8 Å². The number of aromatic nitrogens is 1. The average molecular weight is 289 g/mol. The van der Waals surface area contributed by atoms with Gasteiger partial charge in [0.05, 0.1) is 18.3 Å². The Balaban J connectivity index is 1.94. The van der Waals surface area contributed by atoms with Gasteiger partial charge in [-0.05, 0) is 42.7 Å². The summed E-state index contributed by atoms with van der Waals surface area (Å²) in [4.78, 5) is 16.5. The number of anilines is 1. The second kappa shape index (κ2) is 6.92. The van der Waals surface area contributed by atoms with E-state index < -0.39 is 0 Å². The Morgan fingerprint density at radius 3 is 2.81 bits per heavy atom. The molecule has 1 heterocycles. The molecular weight excluding hydrogens is 262 g/mol. The lowest BCUT2D eigenvalue weighted by molar-refractivity contribution is -0.122. The fraction of sp³-hybridized carbons (Fsp3) is 0.647. The van der Waals surface area contributed by atoms with Gasteiger partial charge in [0.2, 0.25) is 5.91 Å². The summed E-state index contributed by atoms with van der Waals surface area (Å²) in [6.07, 6.45) is 5.50. The predicted octanol–water partition coefficient (Wildman–Crippen LogP) is 2.78. The number of pyridine rings is 1. The maximum atomic E-state index is 12.3. The zero-order chi connectivity index (χ0) is 15.4. The Hall–Kier alpha value is -1.58. The van der Waals surface area contributed by atoms with E-state index in [0.717, 1.165) is 12.1 Å². The number of hydrogen-bond acceptors (Lipinski definition) is 3. The third-order valence-corrected chi connectivity index (χ3v) is 4.56. The van der Waals surface area contributed by atoms with Crippen LogP contribution in [0.5, 0.6) is 0 Å². The van der Waals surface area contributed by atoms with Gasteiger partial charge in [0, 0.05) is 11.7 Å². The molecule has 1 saturated carbocycles. The molecule has 3 unspecified atom stereocenters. The molecule has 21 heavy (non-hydrogen) atoms. The number of nitrogens with zero attached hydrogens (tertiary/aromatic N) is 1. The molecule has 116 valence electrons. The van der Waals surface area contributed by atoms with Crippen LogP contribution in [-0.4, -0.2) is 16.9 Å². The van der Waals surface area contributed by atoms with Crippen molar-refractivity contribution in [3.63, 3.8) is 0 Å². The third-order valence-electron chi connectivity index (χ3n) is 4.56.